The molecule has 2 N–H and O–H groups in total. The molecule has 0 saturated carbocycles. The summed E-state index contributed by atoms with van der Waals surface area (Å²) in [7, 11) is 1.54. The fraction of sp³-hybridized carbons (Fsp3) is 0.333. The van der Waals surface area contributed by atoms with Crippen LogP contribution in [0.1, 0.15) is 29.3 Å². The van der Waals surface area contributed by atoms with Gasteiger partial charge in [0, 0.05) is 5.38 Å². The van der Waals surface area contributed by atoms with Crippen LogP contribution in [0.4, 0.5) is 0 Å². The number of hydrogen-bond donors (Lipinski definition) is 2. The maximum atomic E-state index is 12.0. The fourth-order valence-corrected chi connectivity index (χ4v) is 2.57. The lowest BCUT2D eigenvalue weighted by molar-refractivity contribution is -0.129. The molecule has 0 radical (unpaired) electrons. The predicted molar refractivity (Wildman–Crippen MR) is 81.3 cm³/mol. The summed E-state index contributed by atoms with van der Waals surface area (Å²) in [6.07, 6.45) is -0.338. The molecule has 1 atom stereocenters. The zero-order valence-electron chi connectivity index (χ0n) is 12.0. The number of nitrogens with one attached hydrogen (secondary N) is 1. The van der Waals surface area contributed by atoms with Crippen molar-refractivity contribution in [3.05, 3.63) is 45.9 Å². The molecular formula is C15H18N2O3S. The number of hydrogen-bond acceptors (Lipinski definition) is 5. The van der Waals surface area contributed by atoms with Gasteiger partial charge in [0.15, 0.2) is 6.10 Å². The normalized spacial score (nSPS) is 12.0. The maximum absolute atomic E-state index is 12.0. The Morgan fingerprint density at radius 1 is 1.52 bits per heavy atom. The van der Waals surface area contributed by atoms with Crippen LogP contribution in [0.5, 0.6) is 5.75 Å². The highest BCUT2D eigenvalue weighted by Crippen LogP contribution is 2.19. The van der Waals surface area contributed by atoms with Crippen molar-refractivity contribution in [1.82, 2.24) is 10.3 Å². The van der Waals surface area contributed by atoms with Gasteiger partial charge >= 0.3 is 0 Å². The summed E-state index contributed by atoms with van der Waals surface area (Å²) in [5, 5.41) is 15.7. The summed E-state index contributed by atoms with van der Waals surface area (Å²) in [6.45, 7) is 2.35. The van der Waals surface area contributed by atoms with Crippen LogP contribution in [0.2, 0.25) is 0 Å². The summed E-state index contributed by atoms with van der Waals surface area (Å²) >= 11 is 1.57. The van der Waals surface area contributed by atoms with Crippen molar-refractivity contribution >= 4 is 17.2 Å². The monoisotopic (exact) mass is 306 g/mol. The van der Waals surface area contributed by atoms with Crippen LogP contribution in [0.25, 0.3) is 0 Å². The number of benzene rings is 1. The molecule has 0 aliphatic rings. The molecule has 0 bridgehead atoms. The van der Waals surface area contributed by atoms with Crippen molar-refractivity contribution in [2.45, 2.75) is 26.0 Å². The molecule has 5 nitrogen and oxygen atoms in total. The number of aryl methyl sites for hydroxylation is 1. The Hall–Kier alpha value is -1.92. The number of carbonyl (C=O) groups excluding carboxylic acids is 1. The summed E-state index contributed by atoms with van der Waals surface area (Å²) in [5.74, 6) is 0.153. The van der Waals surface area contributed by atoms with E-state index in [-0.39, 0.29) is 0 Å². The molecule has 0 saturated heterocycles. The third kappa shape index (κ3) is 4.03. The Morgan fingerprint density at radius 2 is 2.33 bits per heavy atom. The fourth-order valence-electron chi connectivity index (χ4n) is 1.83. The summed E-state index contributed by atoms with van der Waals surface area (Å²) in [5.41, 5.74) is 1.31. The highest BCUT2D eigenvalue weighted by atomic mass is 32.1. The Labute approximate surface area is 127 Å². The zero-order valence-corrected chi connectivity index (χ0v) is 12.8. The van der Waals surface area contributed by atoms with Crippen LogP contribution >= 0.6 is 11.3 Å². The van der Waals surface area contributed by atoms with Crippen molar-refractivity contribution in [2.75, 3.05) is 7.11 Å². The van der Waals surface area contributed by atoms with E-state index < -0.39 is 12.0 Å². The molecule has 21 heavy (non-hydrogen) atoms. The van der Waals surface area contributed by atoms with Gasteiger partial charge < -0.3 is 15.2 Å². The largest absolute Gasteiger partial charge is 0.497 e. The van der Waals surface area contributed by atoms with Crippen LogP contribution in [0, 0.1) is 0 Å². The van der Waals surface area contributed by atoms with Crippen molar-refractivity contribution in [3.63, 3.8) is 0 Å². The minimum atomic E-state index is -1.22. The number of ether oxygens (including phenoxy) is 1. The van der Waals surface area contributed by atoms with E-state index >= 15 is 0 Å². The first kappa shape index (κ1) is 15.5. The van der Waals surface area contributed by atoms with Crippen molar-refractivity contribution < 1.29 is 14.6 Å². The van der Waals surface area contributed by atoms with Gasteiger partial charge in [-0.05, 0) is 24.1 Å². The molecule has 1 heterocycles. The number of aliphatic hydroxyl groups excluding tert-OH is 1. The molecule has 0 aliphatic carbocycles. The van der Waals surface area contributed by atoms with Gasteiger partial charge in [-0.1, -0.05) is 19.1 Å². The standard InChI is InChI=1S/C15H18N2O3S/c1-3-13-17-11(9-21-13)8-16-15(19)14(18)10-5-4-6-12(7-10)20-2/h4-7,9,14,18H,3,8H2,1-2H3,(H,16,19). The first-order valence-electron chi connectivity index (χ1n) is 6.67. The Kier molecular flexibility index (Phi) is 5.30. The molecule has 0 aliphatic heterocycles. The van der Waals surface area contributed by atoms with Gasteiger partial charge in [0.25, 0.3) is 5.91 Å². The number of rotatable bonds is 6. The quantitative estimate of drug-likeness (QED) is 0.857. The number of amides is 1. The van der Waals surface area contributed by atoms with Crippen LogP contribution < -0.4 is 10.1 Å². The lowest BCUT2D eigenvalue weighted by Gasteiger charge is -2.12. The van der Waals surface area contributed by atoms with Crippen LogP contribution in [-0.4, -0.2) is 23.1 Å². The lowest BCUT2D eigenvalue weighted by atomic mass is 10.1. The first-order valence-corrected chi connectivity index (χ1v) is 7.55. The van der Waals surface area contributed by atoms with Crippen LogP contribution in [-0.2, 0) is 17.8 Å². The van der Waals surface area contributed by atoms with E-state index in [1.54, 1.807) is 42.7 Å². The summed E-state index contributed by atoms with van der Waals surface area (Å²) < 4.78 is 5.08. The lowest BCUT2D eigenvalue weighted by Crippen LogP contribution is -2.29. The molecule has 2 aromatic rings. The Bertz CT molecular complexity index is 612. The molecule has 2 rings (SSSR count). The maximum Gasteiger partial charge on any atom is 0.253 e. The Balaban J connectivity index is 1.95. The molecule has 1 aromatic carbocycles. The molecule has 0 fully saturated rings. The van der Waals surface area contributed by atoms with Gasteiger partial charge in [-0.15, -0.1) is 11.3 Å². The second-order valence-corrected chi connectivity index (χ2v) is 5.43. The summed E-state index contributed by atoms with van der Waals surface area (Å²) in [4.78, 5) is 16.3. The average molecular weight is 306 g/mol. The highest BCUT2D eigenvalue weighted by Gasteiger charge is 2.17. The van der Waals surface area contributed by atoms with Gasteiger partial charge in [0.1, 0.15) is 5.75 Å². The van der Waals surface area contributed by atoms with E-state index in [1.165, 1.54) is 0 Å². The van der Waals surface area contributed by atoms with Crippen molar-refractivity contribution in [2.24, 2.45) is 0 Å². The zero-order chi connectivity index (χ0) is 15.2. The SMILES string of the molecule is CCc1nc(CNC(=O)C(O)c2cccc(OC)c2)cs1. The Morgan fingerprint density at radius 3 is 3.00 bits per heavy atom. The highest BCUT2D eigenvalue weighted by molar-refractivity contribution is 7.09. The van der Waals surface area contributed by atoms with Crippen LogP contribution in [0.3, 0.4) is 0 Å². The molecule has 0 spiro atoms. The second-order valence-electron chi connectivity index (χ2n) is 4.48. The smallest absolute Gasteiger partial charge is 0.253 e. The average Bonchev–Trinajstić information content (AvgIpc) is 3.00. The minimum absolute atomic E-state index is 0.316. The molecule has 1 aromatic heterocycles. The topological polar surface area (TPSA) is 71.5 Å². The number of aliphatic hydroxyl groups is 1. The van der Waals surface area contributed by atoms with Crippen molar-refractivity contribution in [1.29, 1.82) is 0 Å². The molecule has 6 heteroatoms. The van der Waals surface area contributed by atoms with Crippen LogP contribution in [0.15, 0.2) is 29.6 Å². The second kappa shape index (κ2) is 7.19. The van der Waals surface area contributed by atoms with E-state index in [0.717, 1.165) is 17.1 Å². The van der Waals surface area contributed by atoms with E-state index in [2.05, 4.69) is 10.3 Å². The van der Waals surface area contributed by atoms with Gasteiger partial charge in [0.2, 0.25) is 0 Å². The van der Waals surface area contributed by atoms with E-state index in [9.17, 15) is 9.90 Å². The van der Waals surface area contributed by atoms with E-state index in [1.807, 2.05) is 12.3 Å². The number of methoxy groups -OCH3 is 1. The van der Waals surface area contributed by atoms with E-state index in [0.29, 0.717) is 17.9 Å². The molecular weight excluding hydrogens is 288 g/mol. The van der Waals surface area contributed by atoms with Crippen molar-refractivity contribution in [3.8, 4) is 5.75 Å². The first-order chi connectivity index (χ1) is 10.1. The van der Waals surface area contributed by atoms with E-state index in [4.69, 9.17) is 4.74 Å². The number of thiazole rings is 1. The van der Waals surface area contributed by atoms with Gasteiger partial charge in [-0.3, -0.25) is 4.79 Å². The van der Waals surface area contributed by atoms with Gasteiger partial charge in [-0.25, -0.2) is 4.98 Å². The molecule has 112 valence electrons. The van der Waals surface area contributed by atoms with Gasteiger partial charge in [0.05, 0.1) is 24.4 Å². The number of carbonyl (C=O) groups is 1. The summed E-state index contributed by atoms with van der Waals surface area (Å²) in [6, 6.07) is 6.82. The predicted octanol–water partition coefficient (Wildman–Crippen LogP) is 2.06. The minimum Gasteiger partial charge on any atom is -0.497 e. The van der Waals surface area contributed by atoms with Gasteiger partial charge in [-0.2, -0.15) is 0 Å². The molecule has 1 unspecified atom stereocenters. The number of aromatic nitrogens is 1. The molecule has 1 amide bonds. The third-order valence-electron chi connectivity index (χ3n) is 3.00. The third-order valence-corrected chi connectivity index (χ3v) is 4.05. The number of nitrogens with zero attached hydrogens (tertiary/aromatic N) is 1.